The molecule has 0 aliphatic heterocycles. The number of fused-ring (bicyclic) bond motifs is 1. The molecule has 0 saturated carbocycles. The van der Waals surface area contributed by atoms with Gasteiger partial charge < -0.3 is 0 Å². The zero-order valence-electron chi connectivity index (χ0n) is 5.65. The molecule has 0 spiro atoms. The van der Waals surface area contributed by atoms with Crippen molar-refractivity contribution < 1.29 is 0 Å². The van der Waals surface area contributed by atoms with E-state index in [1.54, 1.807) is 0 Å². The molecule has 2 nitrogen and oxygen atoms in total. The number of hydrogen-bond donors (Lipinski definition) is 1. The third kappa shape index (κ3) is 0.804. The largest absolute Gasteiger partial charge is 0.282 e. The number of H-pyrrole nitrogens is 1. The number of alkyl halides is 1. The van der Waals surface area contributed by atoms with Crippen LogP contribution in [0.2, 0.25) is 0 Å². The summed E-state index contributed by atoms with van der Waals surface area (Å²) in [6.07, 6.45) is 3.70. The Morgan fingerprint density at radius 1 is 1.50 bits per heavy atom. The van der Waals surface area contributed by atoms with Gasteiger partial charge in [0, 0.05) is 11.0 Å². The molecule has 3 heteroatoms. The SMILES string of the molecule is BrCc1n[nH]c2c1CCC2. The molecule has 10 heavy (non-hydrogen) atoms. The second-order valence-electron chi connectivity index (χ2n) is 2.61. The zero-order chi connectivity index (χ0) is 6.97. The van der Waals surface area contributed by atoms with E-state index in [9.17, 15) is 0 Å². The maximum absolute atomic E-state index is 4.18. The number of nitrogens with one attached hydrogen (secondary N) is 1. The van der Waals surface area contributed by atoms with E-state index >= 15 is 0 Å². The Morgan fingerprint density at radius 2 is 2.40 bits per heavy atom. The van der Waals surface area contributed by atoms with Crippen LogP contribution in [0.3, 0.4) is 0 Å². The van der Waals surface area contributed by atoms with Gasteiger partial charge in [0.1, 0.15) is 0 Å². The summed E-state index contributed by atoms with van der Waals surface area (Å²) < 4.78 is 0. The van der Waals surface area contributed by atoms with Crippen molar-refractivity contribution in [1.29, 1.82) is 0 Å². The fraction of sp³-hybridized carbons (Fsp3) is 0.571. The third-order valence-electron chi connectivity index (χ3n) is 2.02. The van der Waals surface area contributed by atoms with Crippen LogP contribution in [-0.2, 0) is 18.2 Å². The Hall–Kier alpha value is -0.310. The topological polar surface area (TPSA) is 28.7 Å². The summed E-state index contributed by atoms with van der Waals surface area (Å²) in [5.41, 5.74) is 4.01. The van der Waals surface area contributed by atoms with Gasteiger partial charge in [-0.15, -0.1) is 0 Å². The molecule has 0 saturated heterocycles. The van der Waals surface area contributed by atoms with E-state index in [0.29, 0.717) is 0 Å². The first-order valence-electron chi connectivity index (χ1n) is 3.53. The molecule has 0 aromatic carbocycles. The summed E-state index contributed by atoms with van der Waals surface area (Å²) in [4.78, 5) is 0. The van der Waals surface area contributed by atoms with E-state index in [4.69, 9.17) is 0 Å². The molecular formula is C7H9BrN2. The second kappa shape index (κ2) is 2.38. The van der Waals surface area contributed by atoms with Gasteiger partial charge in [-0.3, -0.25) is 5.10 Å². The van der Waals surface area contributed by atoms with Crippen LogP contribution >= 0.6 is 15.9 Å². The zero-order valence-corrected chi connectivity index (χ0v) is 7.24. The standard InChI is InChI=1S/C7H9BrN2/c8-4-7-5-2-1-3-6(5)9-10-7/h1-4H2,(H,9,10). The van der Waals surface area contributed by atoms with Gasteiger partial charge in [0.05, 0.1) is 5.69 Å². The van der Waals surface area contributed by atoms with Crippen molar-refractivity contribution in [3.63, 3.8) is 0 Å². The van der Waals surface area contributed by atoms with Crippen molar-refractivity contribution in [1.82, 2.24) is 10.2 Å². The van der Waals surface area contributed by atoms with Gasteiger partial charge in [-0.1, -0.05) is 15.9 Å². The number of nitrogens with zero attached hydrogens (tertiary/aromatic N) is 1. The monoisotopic (exact) mass is 200 g/mol. The third-order valence-corrected chi connectivity index (χ3v) is 2.55. The maximum atomic E-state index is 4.18. The lowest BCUT2D eigenvalue weighted by Gasteiger charge is -1.89. The predicted octanol–water partition coefficient (Wildman–Crippen LogP) is 1.79. The maximum Gasteiger partial charge on any atom is 0.0762 e. The highest BCUT2D eigenvalue weighted by Crippen LogP contribution is 2.23. The van der Waals surface area contributed by atoms with Crippen LogP contribution in [0.15, 0.2) is 0 Å². The van der Waals surface area contributed by atoms with Crippen LogP contribution in [0.5, 0.6) is 0 Å². The highest BCUT2D eigenvalue weighted by Gasteiger charge is 2.16. The van der Waals surface area contributed by atoms with Gasteiger partial charge >= 0.3 is 0 Å². The molecule has 1 aromatic heterocycles. The Kier molecular flexibility index (Phi) is 1.52. The summed E-state index contributed by atoms with van der Waals surface area (Å²) in [5, 5.41) is 8.13. The van der Waals surface area contributed by atoms with Gasteiger partial charge in [0.2, 0.25) is 0 Å². The van der Waals surface area contributed by atoms with E-state index in [1.807, 2.05) is 0 Å². The smallest absolute Gasteiger partial charge is 0.0762 e. The van der Waals surface area contributed by atoms with Gasteiger partial charge in [-0.2, -0.15) is 5.10 Å². The van der Waals surface area contributed by atoms with Crippen LogP contribution in [0, 0.1) is 0 Å². The minimum absolute atomic E-state index is 0.888. The number of rotatable bonds is 1. The molecule has 0 atom stereocenters. The average molecular weight is 201 g/mol. The van der Waals surface area contributed by atoms with Crippen LogP contribution in [0.25, 0.3) is 0 Å². The van der Waals surface area contributed by atoms with Gasteiger partial charge in [-0.05, 0) is 24.8 Å². The molecule has 0 amide bonds. The highest BCUT2D eigenvalue weighted by molar-refractivity contribution is 9.08. The Bertz CT molecular complexity index is 242. The van der Waals surface area contributed by atoms with Gasteiger partial charge in [0.15, 0.2) is 0 Å². The van der Waals surface area contributed by atoms with E-state index in [-0.39, 0.29) is 0 Å². The van der Waals surface area contributed by atoms with Crippen LogP contribution in [-0.4, -0.2) is 10.2 Å². The minimum atomic E-state index is 0.888. The van der Waals surface area contributed by atoms with E-state index in [0.717, 1.165) is 5.33 Å². The summed E-state index contributed by atoms with van der Waals surface area (Å²) >= 11 is 3.41. The second-order valence-corrected chi connectivity index (χ2v) is 3.18. The summed E-state index contributed by atoms with van der Waals surface area (Å²) in [5.74, 6) is 0. The first-order valence-corrected chi connectivity index (χ1v) is 4.65. The summed E-state index contributed by atoms with van der Waals surface area (Å²) in [7, 11) is 0. The van der Waals surface area contributed by atoms with Gasteiger partial charge in [0.25, 0.3) is 0 Å². The van der Waals surface area contributed by atoms with Crippen molar-refractivity contribution >= 4 is 15.9 Å². The Morgan fingerprint density at radius 3 is 3.20 bits per heavy atom. The number of halogens is 1. The molecule has 0 fully saturated rings. The molecule has 1 N–H and O–H groups in total. The van der Waals surface area contributed by atoms with Crippen molar-refractivity contribution in [3.05, 3.63) is 17.0 Å². The highest BCUT2D eigenvalue weighted by atomic mass is 79.9. The summed E-state index contributed by atoms with van der Waals surface area (Å²) in [6, 6.07) is 0. The van der Waals surface area contributed by atoms with Crippen LogP contribution in [0.1, 0.15) is 23.4 Å². The Labute approximate surface area is 68.2 Å². The molecule has 1 aliphatic rings. The fourth-order valence-corrected chi connectivity index (χ4v) is 1.96. The minimum Gasteiger partial charge on any atom is -0.282 e. The van der Waals surface area contributed by atoms with E-state index in [2.05, 4.69) is 26.1 Å². The normalized spacial score (nSPS) is 15.7. The van der Waals surface area contributed by atoms with Crippen molar-refractivity contribution in [2.45, 2.75) is 24.6 Å². The molecule has 1 aromatic rings. The van der Waals surface area contributed by atoms with E-state index in [1.165, 1.54) is 36.2 Å². The molecule has 2 rings (SSSR count). The number of aryl methyl sites for hydroxylation is 1. The molecule has 0 unspecified atom stereocenters. The first-order chi connectivity index (χ1) is 4.92. The molecule has 1 heterocycles. The predicted molar refractivity (Wildman–Crippen MR) is 43.2 cm³/mol. The number of aromatic nitrogens is 2. The van der Waals surface area contributed by atoms with E-state index < -0.39 is 0 Å². The van der Waals surface area contributed by atoms with Crippen LogP contribution in [0.4, 0.5) is 0 Å². The lowest BCUT2D eigenvalue weighted by Crippen LogP contribution is -1.83. The quantitative estimate of drug-likeness (QED) is 0.689. The van der Waals surface area contributed by atoms with Gasteiger partial charge in [-0.25, -0.2) is 0 Å². The number of hydrogen-bond acceptors (Lipinski definition) is 1. The molecular weight excluding hydrogens is 192 g/mol. The van der Waals surface area contributed by atoms with Crippen molar-refractivity contribution in [3.8, 4) is 0 Å². The number of aromatic amines is 1. The van der Waals surface area contributed by atoms with Crippen LogP contribution < -0.4 is 0 Å². The molecule has 0 radical (unpaired) electrons. The summed E-state index contributed by atoms with van der Waals surface area (Å²) in [6.45, 7) is 0. The lowest BCUT2D eigenvalue weighted by atomic mass is 10.2. The first kappa shape index (κ1) is 6.40. The molecule has 1 aliphatic carbocycles. The lowest BCUT2D eigenvalue weighted by molar-refractivity contribution is 0.852. The fourth-order valence-electron chi connectivity index (χ4n) is 1.50. The molecule has 0 bridgehead atoms. The average Bonchev–Trinajstić information content (AvgIpc) is 2.44. The van der Waals surface area contributed by atoms with Crippen molar-refractivity contribution in [2.75, 3.05) is 0 Å². The molecule has 54 valence electrons. The van der Waals surface area contributed by atoms with Crippen molar-refractivity contribution in [2.24, 2.45) is 0 Å². The Balaban J connectivity index is 2.44.